The molecule has 0 bridgehead atoms. The van der Waals surface area contributed by atoms with Crippen LogP contribution >= 0.6 is 11.6 Å². The number of carboxylic acids is 1. The van der Waals surface area contributed by atoms with Gasteiger partial charge in [0.2, 0.25) is 0 Å². The van der Waals surface area contributed by atoms with E-state index in [-0.39, 0.29) is 5.56 Å². The Morgan fingerprint density at radius 3 is 2.31 bits per heavy atom. The molecule has 1 rings (SSSR count). The molecule has 0 aromatic heterocycles. The summed E-state index contributed by atoms with van der Waals surface area (Å²) in [7, 11) is 0. The van der Waals surface area contributed by atoms with Crippen LogP contribution in [0.3, 0.4) is 0 Å². The summed E-state index contributed by atoms with van der Waals surface area (Å²) in [5, 5.41) is 9.16. The molecule has 0 amide bonds. The zero-order valence-corrected chi connectivity index (χ0v) is 7.71. The second-order valence-electron chi connectivity index (χ2n) is 2.70. The number of carboxylic acid groups (broad SMARTS) is 1. The molecule has 0 atom stereocenters. The van der Waals surface area contributed by atoms with Crippen molar-refractivity contribution in [1.82, 2.24) is 0 Å². The minimum absolute atomic E-state index is 0.281. The minimum Gasteiger partial charge on any atom is -0.478 e. The molecular formula is C10H9ClO2. The maximum atomic E-state index is 10.5. The number of allylic oxidation sites excluding steroid dienone is 1. The first-order valence-electron chi connectivity index (χ1n) is 3.75. The molecule has 0 unspecified atom stereocenters. The second kappa shape index (κ2) is 4.10. The lowest BCUT2D eigenvalue weighted by Crippen LogP contribution is -1.95. The van der Waals surface area contributed by atoms with Crippen molar-refractivity contribution in [2.45, 2.75) is 6.42 Å². The number of hydrogen-bond acceptors (Lipinski definition) is 1. The second-order valence-corrected chi connectivity index (χ2v) is 3.23. The number of aromatic carboxylic acids is 1. The van der Waals surface area contributed by atoms with Gasteiger partial charge in [-0.05, 0) is 17.7 Å². The van der Waals surface area contributed by atoms with E-state index in [0.29, 0.717) is 11.5 Å². The molecule has 2 nitrogen and oxygen atoms in total. The Kier molecular flexibility index (Phi) is 3.09. The van der Waals surface area contributed by atoms with Crippen molar-refractivity contribution in [3.8, 4) is 0 Å². The average Bonchev–Trinajstić information content (AvgIpc) is 2.04. The van der Waals surface area contributed by atoms with E-state index in [0.717, 1.165) is 5.56 Å². The van der Waals surface area contributed by atoms with Crippen LogP contribution in [0.4, 0.5) is 0 Å². The van der Waals surface area contributed by atoms with Gasteiger partial charge in [-0.25, -0.2) is 4.79 Å². The van der Waals surface area contributed by atoms with Crippen LogP contribution in [0.15, 0.2) is 35.9 Å². The summed E-state index contributed by atoms with van der Waals surface area (Å²) in [6.07, 6.45) is 0.571. The topological polar surface area (TPSA) is 37.3 Å². The van der Waals surface area contributed by atoms with E-state index < -0.39 is 5.97 Å². The Morgan fingerprint density at radius 1 is 1.38 bits per heavy atom. The molecule has 68 valence electrons. The average molecular weight is 197 g/mol. The quantitative estimate of drug-likeness (QED) is 0.807. The zero-order valence-electron chi connectivity index (χ0n) is 6.96. The standard InChI is InChI=1S/C10H9ClO2/c1-7(11)6-8-2-4-9(5-3-8)10(12)13/h2-5H,1,6H2,(H,12,13). The predicted octanol–water partition coefficient (Wildman–Crippen LogP) is 2.68. The van der Waals surface area contributed by atoms with Crippen molar-refractivity contribution in [1.29, 1.82) is 0 Å². The Labute approximate surface area is 81.5 Å². The molecule has 0 saturated carbocycles. The van der Waals surface area contributed by atoms with Gasteiger partial charge in [0, 0.05) is 11.5 Å². The first kappa shape index (κ1) is 9.81. The molecule has 3 heteroatoms. The van der Waals surface area contributed by atoms with Gasteiger partial charge < -0.3 is 5.11 Å². The van der Waals surface area contributed by atoms with Crippen LogP contribution in [-0.4, -0.2) is 11.1 Å². The van der Waals surface area contributed by atoms with Gasteiger partial charge in [-0.2, -0.15) is 0 Å². The van der Waals surface area contributed by atoms with Crippen LogP contribution in [0, 0.1) is 0 Å². The van der Waals surface area contributed by atoms with Crippen LogP contribution in [0.2, 0.25) is 0 Å². The highest BCUT2D eigenvalue weighted by Gasteiger charge is 2.01. The molecule has 0 heterocycles. The molecule has 0 saturated heterocycles. The molecule has 0 radical (unpaired) electrons. The molecule has 1 aromatic carbocycles. The van der Waals surface area contributed by atoms with Gasteiger partial charge in [0.1, 0.15) is 0 Å². The third kappa shape index (κ3) is 2.92. The van der Waals surface area contributed by atoms with Gasteiger partial charge in [0.25, 0.3) is 0 Å². The summed E-state index contributed by atoms with van der Waals surface area (Å²) in [6.45, 7) is 3.56. The normalized spacial score (nSPS) is 9.62. The van der Waals surface area contributed by atoms with E-state index in [1.165, 1.54) is 0 Å². The molecule has 0 spiro atoms. The maximum absolute atomic E-state index is 10.5. The smallest absolute Gasteiger partial charge is 0.335 e. The summed E-state index contributed by atoms with van der Waals surface area (Å²) >= 11 is 5.60. The van der Waals surface area contributed by atoms with Gasteiger partial charge in [0.05, 0.1) is 5.56 Å². The Hall–Kier alpha value is -1.28. The van der Waals surface area contributed by atoms with Gasteiger partial charge in [-0.3, -0.25) is 0 Å². The number of hydrogen-bond donors (Lipinski definition) is 1. The van der Waals surface area contributed by atoms with Crippen LogP contribution in [0.1, 0.15) is 15.9 Å². The van der Waals surface area contributed by atoms with E-state index in [9.17, 15) is 4.79 Å². The lowest BCUT2D eigenvalue weighted by Gasteiger charge is -1.99. The third-order valence-corrected chi connectivity index (χ3v) is 1.73. The van der Waals surface area contributed by atoms with E-state index in [2.05, 4.69) is 6.58 Å². The van der Waals surface area contributed by atoms with Gasteiger partial charge >= 0.3 is 5.97 Å². The summed E-state index contributed by atoms with van der Waals surface area (Å²) in [4.78, 5) is 10.5. The van der Waals surface area contributed by atoms with E-state index in [1.54, 1.807) is 24.3 Å². The van der Waals surface area contributed by atoms with E-state index >= 15 is 0 Å². The summed E-state index contributed by atoms with van der Waals surface area (Å²) in [5.74, 6) is -0.920. The first-order chi connectivity index (χ1) is 6.09. The van der Waals surface area contributed by atoms with Crippen molar-refractivity contribution in [2.75, 3.05) is 0 Å². The van der Waals surface area contributed by atoms with Crippen molar-refractivity contribution in [3.05, 3.63) is 47.0 Å². The minimum atomic E-state index is -0.920. The monoisotopic (exact) mass is 196 g/mol. The Bertz CT molecular complexity index is 327. The summed E-state index contributed by atoms with van der Waals surface area (Å²) in [6, 6.07) is 6.57. The van der Waals surface area contributed by atoms with E-state index in [4.69, 9.17) is 16.7 Å². The van der Waals surface area contributed by atoms with Gasteiger partial charge in [-0.1, -0.05) is 30.3 Å². The van der Waals surface area contributed by atoms with Crippen molar-refractivity contribution >= 4 is 17.6 Å². The number of benzene rings is 1. The number of rotatable bonds is 3. The predicted molar refractivity (Wildman–Crippen MR) is 52.1 cm³/mol. The fourth-order valence-electron chi connectivity index (χ4n) is 0.987. The molecule has 13 heavy (non-hydrogen) atoms. The molecule has 0 fully saturated rings. The highest BCUT2D eigenvalue weighted by molar-refractivity contribution is 6.29. The van der Waals surface area contributed by atoms with Crippen LogP contribution in [-0.2, 0) is 6.42 Å². The van der Waals surface area contributed by atoms with Crippen molar-refractivity contribution in [3.63, 3.8) is 0 Å². The van der Waals surface area contributed by atoms with Crippen molar-refractivity contribution < 1.29 is 9.90 Å². The maximum Gasteiger partial charge on any atom is 0.335 e. The highest BCUT2D eigenvalue weighted by Crippen LogP contribution is 2.10. The Balaban J connectivity index is 2.81. The number of halogens is 1. The van der Waals surface area contributed by atoms with Crippen molar-refractivity contribution in [2.24, 2.45) is 0 Å². The molecular weight excluding hydrogens is 188 g/mol. The van der Waals surface area contributed by atoms with Crippen LogP contribution in [0.5, 0.6) is 0 Å². The highest BCUT2D eigenvalue weighted by atomic mass is 35.5. The lowest BCUT2D eigenvalue weighted by molar-refractivity contribution is 0.0697. The zero-order chi connectivity index (χ0) is 9.84. The lowest BCUT2D eigenvalue weighted by atomic mass is 10.1. The van der Waals surface area contributed by atoms with Crippen LogP contribution in [0.25, 0.3) is 0 Å². The third-order valence-electron chi connectivity index (χ3n) is 1.60. The molecule has 1 aromatic rings. The fourth-order valence-corrected chi connectivity index (χ4v) is 1.14. The molecule has 1 N–H and O–H groups in total. The van der Waals surface area contributed by atoms with Crippen LogP contribution < -0.4 is 0 Å². The first-order valence-corrected chi connectivity index (χ1v) is 4.13. The summed E-state index contributed by atoms with van der Waals surface area (Å²) in [5.41, 5.74) is 1.24. The fraction of sp³-hybridized carbons (Fsp3) is 0.100. The van der Waals surface area contributed by atoms with Gasteiger partial charge in [-0.15, -0.1) is 0 Å². The SMILES string of the molecule is C=C(Cl)Cc1ccc(C(=O)O)cc1. The largest absolute Gasteiger partial charge is 0.478 e. The molecule has 0 aliphatic rings. The molecule has 0 aliphatic heterocycles. The van der Waals surface area contributed by atoms with Gasteiger partial charge in [0.15, 0.2) is 0 Å². The molecule has 0 aliphatic carbocycles. The Morgan fingerprint density at radius 2 is 1.92 bits per heavy atom. The van der Waals surface area contributed by atoms with E-state index in [1.807, 2.05) is 0 Å². The number of carbonyl (C=O) groups is 1. The summed E-state index contributed by atoms with van der Waals surface area (Å²) < 4.78 is 0.